The van der Waals surface area contributed by atoms with Gasteiger partial charge < -0.3 is 24.8 Å². The van der Waals surface area contributed by atoms with Crippen molar-refractivity contribution >= 4 is 23.3 Å². The maximum atomic E-state index is 12.0. The predicted octanol–water partition coefficient (Wildman–Crippen LogP) is 4.10. The van der Waals surface area contributed by atoms with E-state index in [1.165, 1.54) is 0 Å². The van der Waals surface area contributed by atoms with Crippen molar-refractivity contribution in [2.75, 3.05) is 31.7 Å². The van der Waals surface area contributed by atoms with E-state index in [0.29, 0.717) is 42.0 Å². The Morgan fingerprint density at radius 2 is 1.96 bits per heavy atom. The van der Waals surface area contributed by atoms with Gasteiger partial charge in [-0.05, 0) is 43.2 Å². The van der Waals surface area contributed by atoms with Crippen molar-refractivity contribution in [1.82, 2.24) is 5.32 Å². The first kappa shape index (κ1) is 19.3. The van der Waals surface area contributed by atoms with E-state index in [0.717, 1.165) is 19.4 Å². The summed E-state index contributed by atoms with van der Waals surface area (Å²) in [5.41, 5.74) is 0.660. The molecule has 27 heavy (non-hydrogen) atoms. The largest absolute Gasteiger partial charge is 0.492 e. The van der Waals surface area contributed by atoms with Gasteiger partial charge in [0, 0.05) is 23.4 Å². The van der Waals surface area contributed by atoms with Crippen molar-refractivity contribution in [3.63, 3.8) is 0 Å². The van der Waals surface area contributed by atoms with Crippen LogP contribution >= 0.6 is 11.6 Å². The van der Waals surface area contributed by atoms with E-state index >= 15 is 0 Å². The third-order valence-electron chi connectivity index (χ3n) is 4.00. The third kappa shape index (κ3) is 6.66. The minimum Gasteiger partial charge on any atom is -0.492 e. The zero-order valence-electron chi connectivity index (χ0n) is 14.9. The summed E-state index contributed by atoms with van der Waals surface area (Å²) in [5, 5.41) is 6.13. The van der Waals surface area contributed by atoms with Crippen LogP contribution in [0.25, 0.3) is 0 Å². The molecule has 144 valence electrons. The number of carbonyl (C=O) groups excluding carboxylic acids is 1. The summed E-state index contributed by atoms with van der Waals surface area (Å²) in [7, 11) is 0. The summed E-state index contributed by atoms with van der Waals surface area (Å²) in [6, 6.07) is 14.1. The number of rotatable bonds is 8. The van der Waals surface area contributed by atoms with Crippen molar-refractivity contribution in [3.8, 4) is 11.5 Å². The van der Waals surface area contributed by atoms with Gasteiger partial charge in [0.2, 0.25) is 0 Å². The molecule has 1 unspecified atom stereocenters. The Hall–Kier alpha value is -2.44. The molecule has 7 heteroatoms. The van der Waals surface area contributed by atoms with Crippen LogP contribution in [0.2, 0.25) is 5.02 Å². The molecule has 1 aliphatic heterocycles. The van der Waals surface area contributed by atoms with E-state index in [-0.39, 0.29) is 12.1 Å². The van der Waals surface area contributed by atoms with Crippen LogP contribution in [0.5, 0.6) is 11.5 Å². The topological polar surface area (TPSA) is 68.8 Å². The van der Waals surface area contributed by atoms with E-state index in [1.54, 1.807) is 24.3 Å². The fourth-order valence-electron chi connectivity index (χ4n) is 2.69. The molecule has 2 amide bonds. The summed E-state index contributed by atoms with van der Waals surface area (Å²) >= 11 is 5.89. The van der Waals surface area contributed by atoms with Crippen LogP contribution in [0, 0.1) is 0 Å². The summed E-state index contributed by atoms with van der Waals surface area (Å²) < 4.78 is 16.8. The fraction of sp³-hybridized carbons (Fsp3) is 0.350. The number of carbonyl (C=O) groups is 1. The van der Waals surface area contributed by atoms with Crippen molar-refractivity contribution in [2.45, 2.75) is 18.9 Å². The minimum absolute atomic E-state index is 0.157. The molecule has 1 aliphatic rings. The highest BCUT2D eigenvalue weighted by atomic mass is 35.5. The lowest BCUT2D eigenvalue weighted by molar-refractivity contribution is 0.0680. The van der Waals surface area contributed by atoms with Crippen molar-refractivity contribution in [2.24, 2.45) is 0 Å². The summed E-state index contributed by atoms with van der Waals surface area (Å²) in [6.45, 7) is 2.04. The van der Waals surface area contributed by atoms with Crippen LogP contribution in [0.15, 0.2) is 48.5 Å². The van der Waals surface area contributed by atoms with Crippen LogP contribution in [-0.4, -0.2) is 38.5 Å². The van der Waals surface area contributed by atoms with Crippen LogP contribution in [0.4, 0.5) is 10.5 Å². The molecule has 2 aromatic carbocycles. The number of halogens is 1. The number of nitrogens with one attached hydrogen (secondary N) is 2. The van der Waals surface area contributed by atoms with E-state index < -0.39 is 0 Å². The molecule has 1 fully saturated rings. The lowest BCUT2D eigenvalue weighted by atomic mass is 10.2. The van der Waals surface area contributed by atoms with Gasteiger partial charge in [-0.25, -0.2) is 4.79 Å². The summed E-state index contributed by atoms with van der Waals surface area (Å²) in [4.78, 5) is 12.0. The average molecular weight is 391 g/mol. The second-order valence-electron chi connectivity index (χ2n) is 6.16. The van der Waals surface area contributed by atoms with Gasteiger partial charge in [-0.1, -0.05) is 23.7 Å². The number of ether oxygens (including phenoxy) is 3. The van der Waals surface area contributed by atoms with E-state index in [1.807, 2.05) is 24.3 Å². The zero-order chi connectivity index (χ0) is 18.9. The number of anilines is 1. The SMILES string of the molecule is O=C(NCCOc1cccc(Cl)c1)Nc1cccc(OCC2CCCO2)c1. The molecule has 2 N–H and O–H groups in total. The Morgan fingerprint density at radius 1 is 1.15 bits per heavy atom. The van der Waals surface area contributed by atoms with Crippen molar-refractivity contribution < 1.29 is 19.0 Å². The van der Waals surface area contributed by atoms with Crippen LogP contribution in [0.3, 0.4) is 0 Å². The smallest absolute Gasteiger partial charge is 0.319 e. The quantitative estimate of drug-likeness (QED) is 0.666. The number of benzene rings is 2. The van der Waals surface area contributed by atoms with Crippen LogP contribution < -0.4 is 20.1 Å². The molecule has 1 atom stereocenters. The molecule has 0 radical (unpaired) electrons. The first-order chi connectivity index (χ1) is 13.2. The molecule has 3 rings (SSSR count). The predicted molar refractivity (Wildman–Crippen MR) is 105 cm³/mol. The molecular formula is C20H23ClN2O4. The van der Waals surface area contributed by atoms with Gasteiger partial charge in [0.05, 0.1) is 12.6 Å². The maximum absolute atomic E-state index is 12.0. The second-order valence-corrected chi connectivity index (χ2v) is 6.60. The number of hydrogen-bond acceptors (Lipinski definition) is 4. The van der Waals surface area contributed by atoms with Crippen molar-refractivity contribution in [1.29, 1.82) is 0 Å². The number of amides is 2. The fourth-order valence-corrected chi connectivity index (χ4v) is 2.87. The highest BCUT2D eigenvalue weighted by Gasteiger charge is 2.16. The Bertz CT molecular complexity index is 750. The molecule has 0 bridgehead atoms. The second kappa shape index (κ2) is 10.0. The summed E-state index contributed by atoms with van der Waals surface area (Å²) in [5.74, 6) is 1.37. The minimum atomic E-state index is -0.305. The maximum Gasteiger partial charge on any atom is 0.319 e. The van der Waals surface area contributed by atoms with E-state index in [9.17, 15) is 4.79 Å². The summed E-state index contributed by atoms with van der Waals surface area (Å²) in [6.07, 6.45) is 2.26. The number of urea groups is 1. The Morgan fingerprint density at radius 3 is 2.74 bits per heavy atom. The Kier molecular flexibility index (Phi) is 7.19. The van der Waals surface area contributed by atoms with Gasteiger partial charge >= 0.3 is 6.03 Å². The molecule has 6 nitrogen and oxygen atoms in total. The normalized spacial score (nSPS) is 16.0. The zero-order valence-corrected chi connectivity index (χ0v) is 15.7. The molecule has 0 spiro atoms. The molecule has 2 aromatic rings. The first-order valence-corrected chi connectivity index (χ1v) is 9.34. The van der Waals surface area contributed by atoms with Crippen molar-refractivity contribution in [3.05, 3.63) is 53.6 Å². The van der Waals surface area contributed by atoms with Gasteiger partial charge in [-0.2, -0.15) is 0 Å². The van der Waals surface area contributed by atoms with E-state index in [4.69, 9.17) is 25.8 Å². The van der Waals surface area contributed by atoms with Crippen LogP contribution in [-0.2, 0) is 4.74 Å². The Balaban J connectivity index is 1.37. The van der Waals surface area contributed by atoms with Gasteiger partial charge in [-0.3, -0.25) is 0 Å². The van der Waals surface area contributed by atoms with Gasteiger partial charge in [0.1, 0.15) is 24.7 Å². The lowest BCUT2D eigenvalue weighted by Crippen LogP contribution is -2.32. The van der Waals surface area contributed by atoms with Gasteiger partial charge in [-0.15, -0.1) is 0 Å². The van der Waals surface area contributed by atoms with Gasteiger partial charge in [0.15, 0.2) is 0 Å². The Labute approximate surface area is 163 Å². The first-order valence-electron chi connectivity index (χ1n) is 8.97. The third-order valence-corrected chi connectivity index (χ3v) is 4.24. The molecule has 0 aliphatic carbocycles. The molecule has 0 saturated carbocycles. The van der Waals surface area contributed by atoms with Crippen LogP contribution in [0.1, 0.15) is 12.8 Å². The monoisotopic (exact) mass is 390 g/mol. The molecular weight excluding hydrogens is 368 g/mol. The molecule has 1 saturated heterocycles. The highest BCUT2D eigenvalue weighted by molar-refractivity contribution is 6.30. The number of hydrogen-bond donors (Lipinski definition) is 2. The molecule has 1 heterocycles. The standard InChI is InChI=1S/C20H23ClN2O4/c21-15-4-1-6-17(12-15)26-11-9-22-20(24)23-16-5-2-7-18(13-16)27-14-19-8-3-10-25-19/h1-2,4-7,12-13,19H,3,8-11,14H2,(H2,22,23,24). The lowest BCUT2D eigenvalue weighted by Gasteiger charge is -2.13. The average Bonchev–Trinajstić information content (AvgIpc) is 3.18. The van der Waals surface area contributed by atoms with E-state index in [2.05, 4.69) is 10.6 Å². The highest BCUT2D eigenvalue weighted by Crippen LogP contribution is 2.20. The molecule has 0 aromatic heterocycles. The van der Waals surface area contributed by atoms with Gasteiger partial charge in [0.25, 0.3) is 0 Å².